The summed E-state index contributed by atoms with van der Waals surface area (Å²) in [5.41, 5.74) is -0.291. The van der Waals surface area contributed by atoms with Crippen LogP contribution >= 0.6 is 15.9 Å². The smallest absolute Gasteiger partial charge is 0.202 e. The van der Waals surface area contributed by atoms with E-state index in [0.29, 0.717) is 0 Å². The van der Waals surface area contributed by atoms with E-state index in [2.05, 4.69) is 15.9 Å². The maximum atomic E-state index is 12.6. The molecule has 1 N–H and O–H groups in total. The molecule has 0 saturated carbocycles. The molecule has 0 saturated heterocycles. The Hall–Kier alpha value is -0.970. The van der Waals surface area contributed by atoms with Gasteiger partial charge in [0.15, 0.2) is 17.9 Å². The maximum absolute atomic E-state index is 12.6. The third-order valence-electron chi connectivity index (χ3n) is 1.29. The summed E-state index contributed by atoms with van der Waals surface area (Å²) in [5.74, 6) is -3.60. The van der Waals surface area contributed by atoms with Crippen molar-refractivity contribution in [2.75, 3.05) is 0 Å². The van der Waals surface area contributed by atoms with E-state index in [1.54, 1.807) is 0 Å². The van der Waals surface area contributed by atoms with Crippen molar-refractivity contribution in [1.82, 2.24) is 0 Å². The average molecular weight is 237 g/mol. The van der Waals surface area contributed by atoms with Gasteiger partial charge in [0, 0.05) is 0 Å². The predicted octanol–water partition coefficient (Wildman–Crippen LogP) is 2.25. The molecule has 0 heterocycles. The highest BCUT2D eigenvalue weighted by Gasteiger charge is 2.15. The van der Waals surface area contributed by atoms with E-state index in [1.807, 2.05) is 0 Å². The van der Waals surface area contributed by atoms with Crippen LogP contribution in [0.4, 0.5) is 8.78 Å². The van der Waals surface area contributed by atoms with Crippen molar-refractivity contribution in [3.63, 3.8) is 0 Å². The molecular formula is C7H3BrF2O2. The number of hydrogen-bond acceptors (Lipinski definition) is 2. The number of aldehydes is 1. The molecule has 0 aliphatic rings. The largest absolute Gasteiger partial charge is 0.504 e. The van der Waals surface area contributed by atoms with E-state index in [1.165, 1.54) is 0 Å². The van der Waals surface area contributed by atoms with Gasteiger partial charge in [-0.25, -0.2) is 4.39 Å². The van der Waals surface area contributed by atoms with Crippen molar-refractivity contribution >= 4 is 22.2 Å². The SMILES string of the molecule is O=Cc1cc(Br)c(F)c(F)c1O. The lowest BCUT2D eigenvalue weighted by Gasteiger charge is -2.01. The zero-order valence-electron chi connectivity index (χ0n) is 5.64. The van der Waals surface area contributed by atoms with Gasteiger partial charge < -0.3 is 5.11 Å². The maximum Gasteiger partial charge on any atom is 0.202 e. The summed E-state index contributed by atoms with van der Waals surface area (Å²) < 4.78 is 25.0. The minimum absolute atomic E-state index is 0.195. The van der Waals surface area contributed by atoms with Crippen LogP contribution in [0.2, 0.25) is 0 Å². The van der Waals surface area contributed by atoms with Crippen LogP contribution in [0.3, 0.4) is 0 Å². The quantitative estimate of drug-likeness (QED) is 0.600. The lowest BCUT2D eigenvalue weighted by molar-refractivity contribution is 0.112. The molecule has 0 amide bonds. The van der Waals surface area contributed by atoms with E-state index in [9.17, 15) is 13.6 Å². The normalized spacial score (nSPS) is 9.92. The number of carbonyl (C=O) groups excluding carboxylic acids is 1. The highest BCUT2D eigenvalue weighted by atomic mass is 79.9. The minimum Gasteiger partial charge on any atom is -0.504 e. The van der Waals surface area contributed by atoms with Crippen LogP contribution in [-0.2, 0) is 0 Å². The molecule has 1 rings (SSSR count). The number of benzene rings is 1. The molecule has 0 unspecified atom stereocenters. The van der Waals surface area contributed by atoms with Gasteiger partial charge in [0.05, 0.1) is 10.0 Å². The van der Waals surface area contributed by atoms with Crippen LogP contribution in [0.1, 0.15) is 10.4 Å². The van der Waals surface area contributed by atoms with Crippen LogP contribution in [0.15, 0.2) is 10.5 Å². The second-order valence-corrected chi connectivity index (χ2v) is 2.90. The van der Waals surface area contributed by atoms with Crippen LogP contribution < -0.4 is 0 Å². The molecule has 0 fully saturated rings. The Morgan fingerprint density at radius 1 is 1.42 bits per heavy atom. The number of carbonyl (C=O) groups is 1. The minimum atomic E-state index is -1.42. The molecule has 0 aromatic heterocycles. The number of hydrogen-bond donors (Lipinski definition) is 1. The third-order valence-corrected chi connectivity index (χ3v) is 1.87. The molecule has 0 aliphatic carbocycles. The molecular weight excluding hydrogens is 234 g/mol. The monoisotopic (exact) mass is 236 g/mol. The molecule has 1 aromatic carbocycles. The van der Waals surface area contributed by atoms with E-state index in [0.717, 1.165) is 6.07 Å². The van der Waals surface area contributed by atoms with Crippen molar-refractivity contribution in [2.24, 2.45) is 0 Å². The van der Waals surface area contributed by atoms with Crippen LogP contribution in [0, 0.1) is 11.6 Å². The first-order chi connectivity index (χ1) is 5.57. The van der Waals surface area contributed by atoms with Crippen LogP contribution in [0.5, 0.6) is 5.75 Å². The molecule has 0 aliphatic heterocycles. The van der Waals surface area contributed by atoms with Crippen LogP contribution in [0.25, 0.3) is 0 Å². The Morgan fingerprint density at radius 3 is 2.50 bits per heavy atom. The summed E-state index contributed by atoms with van der Waals surface area (Å²) in [6.07, 6.45) is 0.239. The van der Waals surface area contributed by atoms with Gasteiger partial charge in [-0.05, 0) is 22.0 Å². The van der Waals surface area contributed by atoms with Gasteiger partial charge in [0.1, 0.15) is 0 Å². The molecule has 0 spiro atoms. The van der Waals surface area contributed by atoms with Gasteiger partial charge in [-0.15, -0.1) is 0 Å². The highest BCUT2D eigenvalue weighted by Crippen LogP contribution is 2.28. The lowest BCUT2D eigenvalue weighted by Crippen LogP contribution is -1.91. The lowest BCUT2D eigenvalue weighted by atomic mass is 10.2. The van der Waals surface area contributed by atoms with Gasteiger partial charge in [0.25, 0.3) is 0 Å². The summed E-state index contributed by atoms with van der Waals surface area (Å²) in [4.78, 5) is 10.2. The number of halogens is 3. The Kier molecular flexibility index (Phi) is 2.42. The van der Waals surface area contributed by atoms with Gasteiger partial charge in [-0.2, -0.15) is 4.39 Å². The number of aromatic hydroxyl groups is 1. The summed E-state index contributed by atoms with van der Waals surface area (Å²) >= 11 is 2.69. The fraction of sp³-hybridized carbons (Fsp3) is 0. The second-order valence-electron chi connectivity index (χ2n) is 2.04. The molecule has 0 radical (unpaired) electrons. The van der Waals surface area contributed by atoms with Crippen molar-refractivity contribution in [2.45, 2.75) is 0 Å². The van der Waals surface area contributed by atoms with Crippen LogP contribution in [-0.4, -0.2) is 11.4 Å². The number of phenolic OH excluding ortho intramolecular Hbond substituents is 1. The van der Waals surface area contributed by atoms with Gasteiger partial charge in [-0.1, -0.05) is 0 Å². The first kappa shape index (κ1) is 9.12. The van der Waals surface area contributed by atoms with E-state index in [4.69, 9.17) is 5.11 Å². The fourth-order valence-corrected chi connectivity index (χ4v) is 1.11. The van der Waals surface area contributed by atoms with Crippen molar-refractivity contribution in [1.29, 1.82) is 0 Å². The molecule has 0 bridgehead atoms. The Morgan fingerprint density at radius 2 is 2.00 bits per heavy atom. The van der Waals surface area contributed by atoms with Crippen molar-refractivity contribution in [3.8, 4) is 5.75 Å². The molecule has 12 heavy (non-hydrogen) atoms. The molecule has 0 atom stereocenters. The van der Waals surface area contributed by atoms with Gasteiger partial charge in [-0.3, -0.25) is 4.79 Å². The Labute approximate surface area is 75.0 Å². The van der Waals surface area contributed by atoms with E-state index in [-0.39, 0.29) is 16.3 Å². The van der Waals surface area contributed by atoms with Crippen molar-refractivity contribution in [3.05, 3.63) is 27.7 Å². The first-order valence-electron chi connectivity index (χ1n) is 2.89. The Bertz CT molecular complexity index is 339. The zero-order valence-corrected chi connectivity index (χ0v) is 7.23. The second kappa shape index (κ2) is 3.18. The zero-order chi connectivity index (χ0) is 9.30. The number of rotatable bonds is 1. The summed E-state index contributed by atoms with van der Waals surface area (Å²) in [7, 11) is 0. The van der Waals surface area contributed by atoms with E-state index >= 15 is 0 Å². The molecule has 64 valence electrons. The first-order valence-corrected chi connectivity index (χ1v) is 3.69. The Balaban J connectivity index is 3.49. The highest BCUT2D eigenvalue weighted by molar-refractivity contribution is 9.10. The van der Waals surface area contributed by atoms with E-state index < -0.39 is 17.4 Å². The topological polar surface area (TPSA) is 37.3 Å². The van der Waals surface area contributed by atoms with Gasteiger partial charge in [0.2, 0.25) is 5.82 Å². The van der Waals surface area contributed by atoms with Gasteiger partial charge >= 0.3 is 0 Å². The third kappa shape index (κ3) is 1.32. The van der Waals surface area contributed by atoms with Crippen molar-refractivity contribution < 1.29 is 18.7 Å². The molecule has 1 aromatic rings. The fourth-order valence-electron chi connectivity index (χ4n) is 0.694. The molecule has 2 nitrogen and oxygen atoms in total. The summed E-state index contributed by atoms with van der Waals surface area (Å²) in [5, 5.41) is 8.84. The standard InChI is InChI=1S/C7H3BrF2O2/c8-4-1-3(2-11)7(12)6(10)5(4)9/h1-2,12H. The molecule has 5 heteroatoms. The number of phenols is 1. The summed E-state index contributed by atoms with van der Waals surface area (Å²) in [6, 6.07) is 1.00. The summed E-state index contributed by atoms with van der Waals surface area (Å²) in [6.45, 7) is 0. The average Bonchev–Trinajstić information content (AvgIpc) is 2.08. The predicted molar refractivity (Wildman–Crippen MR) is 41.1 cm³/mol.